The molecule has 1 fully saturated rings. The quantitative estimate of drug-likeness (QED) is 0.795. The lowest BCUT2D eigenvalue weighted by atomic mass is 10.2. The summed E-state index contributed by atoms with van der Waals surface area (Å²) < 4.78 is 5.25. The van der Waals surface area contributed by atoms with Gasteiger partial charge >= 0.3 is 0 Å². The van der Waals surface area contributed by atoms with Crippen molar-refractivity contribution in [2.45, 2.75) is 12.6 Å². The minimum atomic E-state index is -0.362. The lowest BCUT2D eigenvalue weighted by molar-refractivity contribution is -0.129. The SMILES string of the molecule is NC(=O)C1COCCN1Cc1ccc(Cl)nc1. The predicted molar refractivity (Wildman–Crippen MR) is 63.5 cm³/mol. The topological polar surface area (TPSA) is 68.5 Å². The van der Waals surface area contributed by atoms with E-state index in [0.717, 1.165) is 5.56 Å². The van der Waals surface area contributed by atoms with Crippen molar-refractivity contribution in [1.29, 1.82) is 0 Å². The summed E-state index contributed by atoms with van der Waals surface area (Å²) in [5, 5.41) is 0.460. The molecule has 1 unspecified atom stereocenters. The zero-order valence-electron chi connectivity index (χ0n) is 9.30. The molecule has 1 atom stereocenters. The van der Waals surface area contributed by atoms with Gasteiger partial charge in [-0.25, -0.2) is 4.98 Å². The highest BCUT2D eigenvalue weighted by Gasteiger charge is 2.27. The van der Waals surface area contributed by atoms with Gasteiger partial charge in [-0.2, -0.15) is 0 Å². The minimum absolute atomic E-state index is 0.355. The van der Waals surface area contributed by atoms with E-state index in [2.05, 4.69) is 4.98 Å². The number of primary amides is 1. The smallest absolute Gasteiger partial charge is 0.237 e. The Hall–Kier alpha value is -1.17. The van der Waals surface area contributed by atoms with Crippen molar-refractivity contribution in [3.05, 3.63) is 29.0 Å². The number of halogens is 1. The van der Waals surface area contributed by atoms with Crippen molar-refractivity contribution >= 4 is 17.5 Å². The summed E-state index contributed by atoms with van der Waals surface area (Å²) in [5.74, 6) is -0.355. The summed E-state index contributed by atoms with van der Waals surface area (Å²) in [6.07, 6.45) is 1.70. The molecule has 1 aromatic heterocycles. The van der Waals surface area contributed by atoms with Crippen LogP contribution in [0.1, 0.15) is 5.56 Å². The molecule has 0 aromatic carbocycles. The molecular weight excluding hydrogens is 242 g/mol. The standard InChI is InChI=1S/C11H14ClN3O2/c12-10-2-1-8(5-14-10)6-15-3-4-17-7-9(15)11(13)16/h1-2,5,9H,3-4,6-7H2,(H2,13,16). The molecule has 0 aliphatic carbocycles. The Morgan fingerprint density at radius 3 is 3.12 bits per heavy atom. The Balaban J connectivity index is 2.05. The van der Waals surface area contributed by atoms with Crippen LogP contribution in [0, 0.1) is 0 Å². The lowest BCUT2D eigenvalue weighted by Gasteiger charge is -2.33. The van der Waals surface area contributed by atoms with Gasteiger partial charge in [0.1, 0.15) is 11.2 Å². The Kier molecular flexibility index (Phi) is 3.93. The summed E-state index contributed by atoms with van der Waals surface area (Å²) in [7, 11) is 0. The number of ether oxygens (including phenoxy) is 1. The van der Waals surface area contributed by atoms with Crippen LogP contribution in [0.15, 0.2) is 18.3 Å². The molecule has 0 spiro atoms. The highest BCUT2D eigenvalue weighted by Crippen LogP contribution is 2.13. The zero-order valence-corrected chi connectivity index (χ0v) is 10.1. The van der Waals surface area contributed by atoms with Gasteiger partial charge in [-0.3, -0.25) is 9.69 Å². The van der Waals surface area contributed by atoms with E-state index in [0.29, 0.717) is 31.5 Å². The number of carbonyl (C=O) groups is 1. The van der Waals surface area contributed by atoms with E-state index < -0.39 is 0 Å². The number of pyridine rings is 1. The van der Waals surface area contributed by atoms with E-state index in [1.54, 1.807) is 12.3 Å². The fourth-order valence-electron chi connectivity index (χ4n) is 1.82. The molecule has 6 heteroatoms. The Bertz CT molecular complexity index is 396. The molecular formula is C11H14ClN3O2. The van der Waals surface area contributed by atoms with Crippen LogP contribution in [-0.2, 0) is 16.1 Å². The maximum absolute atomic E-state index is 11.3. The maximum Gasteiger partial charge on any atom is 0.237 e. The molecule has 17 heavy (non-hydrogen) atoms. The van der Waals surface area contributed by atoms with Gasteiger partial charge in [-0.05, 0) is 11.6 Å². The molecule has 92 valence electrons. The second-order valence-corrected chi connectivity index (χ2v) is 4.34. The van der Waals surface area contributed by atoms with Crippen LogP contribution in [0.2, 0.25) is 5.15 Å². The van der Waals surface area contributed by atoms with E-state index in [-0.39, 0.29) is 11.9 Å². The van der Waals surface area contributed by atoms with Gasteiger partial charge in [0.05, 0.1) is 13.2 Å². The Morgan fingerprint density at radius 2 is 2.47 bits per heavy atom. The predicted octanol–water partition coefficient (Wildman–Crippen LogP) is 0.421. The fraction of sp³-hybridized carbons (Fsp3) is 0.455. The van der Waals surface area contributed by atoms with Crippen LogP contribution >= 0.6 is 11.6 Å². The highest BCUT2D eigenvalue weighted by atomic mass is 35.5. The largest absolute Gasteiger partial charge is 0.378 e. The number of hydrogen-bond donors (Lipinski definition) is 1. The second-order valence-electron chi connectivity index (χ2n) is 3.95. The number of nitrogens with zero attached hydrogens (tertiary/aromatic N) is 2. The van der Waals surface area contributed by atoms with Gasteiger partial charge in [0, 0.05) is 19.3 Å². The first-order valence-electron chi connectivity index (χ1n) is 5.38. The van der Waals surface area contributed by atoms with Crippen molar-refractivity contribution in [2.24, 2.45) is 5.73 Å². The van der Waals surface area contributed by atoms with E-state index in [1.807, 2.05) is 11.0 Å². The van der Waals surface area contributed by atoms with Crippen LogP contribution in [-0.4, -0.2) is 41.6 Å². The normalized spacial score (nSPS) is 21.4. The zero-order chi connectivity index (χ0) is 12.3. The van der Waals surface area contributed by atoms with Crippen molar-refractivity contribution < 1.29 is 9.53 Å². The maximum atomic E-state index is 11.3. The van der Waals surface area contributed by atoms with Crippen LogP contribution in [0.25, 0.3) is 0 Å². The lowest BCUT2D eigenvalue weighted by Crippen LogP contribution is -2.51. The third-order valence-corrected chi connectivity index (χ3v) is 2.97. The number of nitrogens with two attached hydrogens (primary N) is 1. The molecule has 2 heterocycles. The van der Waals surface area contributed by atoms with Gasteiger partial charge in [0.25, 0.3) is 0 Å². The summed E-state index contributed by atoms with van der Waals surface area (Å²) in [4.78, 5) is 17.3. The molecule has 1 saturated heterocycles. The van der Waals surface area contributed by atoms with Gasteiger partial charge in [0.2, 0.25) is 5.91 Å². The van der Waals surface area contributed by atoms with Crippen LogP contribution in [0.3, 0.4) is 0 Å². The first-order valence-corrected chi connectivity index (χ1v) is 5.76. The van der Waals surface area contributed by atoms with Crippen LogP contribution in [0.4, 0.5) is 0 Å². The number of amides is 1. The fourth-order valence-corrected chi connectivity index (χ4v) is 1.94. The molecule has 1 aliphatic rings. The molecule has 0 saturated carbocycles. The average Bonchev–Trinajstić information content (AvgIpc) is 2.32. The molecule has 0 radical (unpaired) electrons. The first-order chi connectivity index (χ1) is 8.16. The second kappa shape index (κ2) is 5.44. The van der Waals surface area contributed by atoms with Gasteiger partial charge < -0.3 is 10.5 Å². The number of morpholine rings is 1. The van der Waals surface area contributed by atoms with Crippen molar-refractivity contribution in [3.8, 4) is 0 Å². The van der Waals surface area contributed by atoms with E-state index in [9.17, 15) is 4.79 Å². The number of aromatic nitrogens is 1. The Morgan fingerprint density at radius 1 is 1.65 bits per heavy atom. The van der Waals surface area contributed by atoms with Gasteiger partial charge in [-0.1, -0.05) is 17.7 Å². The molecule has 1 amide bonds. The number of hydrogen-bond acceptors (Lipinski definition) is 4. The molecule has 2 rings (SSSR count). The molecule has 5 nitrogen and oxygen atoms in total. The Labute approximate surface area is 105 Å². The summed E-state index contributed by atoms with van der Waals surface area (Å²) in [6.45, 7) is 2.29. The third kappa shape index (κ3) is 3.15. The molecule has 1 aromatic rings. The van der Waals surface area contributed by atoms with Crippen LogP contribution in [0.5, 0.6) is 0 Å². The number of carbonyl (C=O) groups excluding carboxylic acids is 1. The monoisotopic (exact) mass is 255 g/mol. The third-order valence-electron chi connectivity index (χ3n) is 2.74. The number of rotatable bonds is 3. The van der Waals surface area contributed by atoms with Crippen molar-refractivity contribution in [2.75, 3.05) is 19.8 Å². The highest BCUT2D eigenvalue weighted by molar-refractivity contribution is 6.29. The van der Waals surface area contributed by atoms with Crippen molar-refractivity contribution in [1.82, 2.24) is 9.88 Å². The van der Waals surface area contributed by atoms with Gasteiger partial charge in [0.15, 0.2) is 0 Å². The summed E-state index contributed by atoms with van der Waals surface area (Å²) in [5.41, 5.74) is 6.34. The molecule has 0 bridgehead atoms. The van der Waals surface area contributed by atoms with Gasteiger partial charge in [-0.15, -0.1) is 0 Å². The minimum Gasteiger partial charge on any atom is -0.378 e. The molecule has 2 N–H and O–H groups in total. The average molecular weight is 256 g/mol. The molecule has 1 aliphatic heterocycles. The van der Waals surface area contributed by atoms with Crippen LogP contribution < -0.4 is 5.73 Å². The summed E-state index contributed by atoms with van der Waals surface area (Å²) >= 11 is 5.71. The summed E-state index contributed by atoms with van der Waals surface area (Å²) in [6, 6.07) is 3.26. The van der Waals surface area contributed by atoms with Crippen molar-refractivity contribution in [3.63, 3.8) is 0 Å². The van der Waals surface area contributed by atoms with E-state index in [1.165, 1.54) is 0 Å². The van der Waals surface area contributed by atoms with E-state index >= 15 is 0 Å². The first kappa shape index (κ1) is 12.3. The van der Waals surface area contributed by atoms with E-state index in [4.69, 9.17) is 22.1 Å².